The molecule has 6 nitrogen and oxygen atoms in total. The number of carbonyl (C=O) groups is 2. The van der Waals surface area contributed by atoms with Gasteiger partial charge in [0.1, 0.15) is 0 Å². The second-order valence-electron chi connectivity index (χ2n) is 5.63. The summed E-state index contributed by atoms with van der Waals surface area (Å²) in [5.41, 5.74) is 0. The highest BCUT2D eigenvalue weighted by molar-refractivity contribution is 5.76. The van der Waals surface area contributed by atoms with E-state index in [2.05, 4.69) is 5.32 Å². The third kappa shape index (κ3) is 3.62. The molecule has 0 aromatic carbocycles. The van der Waals surface area contributed by atoms with E-state index in [-0.39, 0.29) is 30.6 Å². The van der Waals surface area contributed by atoms with E-state index in [9.17, 15) is 9.59 Å². The van der Waals surface area contributed by atoms with Crippen LogP contribution in [0.2, 0.25) is 0 Å². The maximum Gasteiger partial charge on any atom is 0.318 e. The lowest BCUT2D eigenvalue weighted by atomic mass is 10.1. The zero-order chi connectivity index (χ0) is 14.5. The number of morpholine rings is 1. The Morgan fingerprint density at radius 3 is 2.95 bits per heavy atom. The summed E-state index contributed by atoms with van der Waals surface area (Å²) in [4.78, 5) is 25.1. The van der Waals surface area contributed by atoms with Crippen molar-refractivity contribution in [3.05, 3.63) is 0 Å². The smallest absolute Gasteiger partial charge is 0.318 e. The number of nitrogens with one attached hydrogen (secondary N) is 1. The van der Waals surface area contributed by atoms with Gasteiger partial charge < -0.3 is 20.1 Å². The Bertz CT molecular complexity index is 361. The molecule has 0 spiro atoms. The van der Waals surface area contributed by atoms with Gasteiger partial charge in [-0.3, -0.25) is 4.79 Å². The quantitative estimate of drug-likeness (QED) is 0.803. The number of fused-ring (bicyclic) bond motifs is 1. The molecule has 6 heteroatoms. The highest BCUT2D eigenvalue weighted by Gasteiger charge is 2.38. The Hall–Kier alpha value is -1.30. The fraction of sp³-hybridized carbons (Fsp3) is 0.857. The number of hydrogen-bond acceptors (Lipinski definition) is 3. The molecule has 114 valence electrons. The minimum absolute atomic E-state index is 0.0159. The normalized spacial score (nSPS) is 26.9. The Morgan fingerprint density at radius 1 is 1.45 bits per heavy atom. The minimum atomic E-state index is -0.871. The Kier molecular flexibility index (Phi) is 5.23. The highest BCUT2D eigenvalue weighted by atomic mass is 16.5. The van der Waals surface area contributed by atoms with Gasteiger partial charge in [0.05, 0.1) is 25.2 Å². The van der Waals surface area contributed by atoms with Crippen molar-refractivity contribution in [2.75, 3.05) is 13.2 Å². The maximum absolute atomic E-state index is 12.4. The van der Waals surface area contributed by atoms with E-state index in [4.69, 9.17) is 9.84 Å². The summed E-state index contributed by atoms with van der Waals surface area (Å²) in [5.74, 6) is -0.871. The van der Waals surface area contributed by atoms with E-state index in [0.29, 0.717) is 19.6 Å². The molecule has 1 saturated carbocycles. The predicted octanol–water partition coefficient (Wildman–Crippen LogP) is 1.59. The van der Waals surface area contributed by atoms with Crippen molar-refractivity contribution in [3.8, 4) is 0 Å². The van der Waals surface area contributed by atoms with Crippen molar-refractivity contribution in [2.24, 2.45) is 0 Å². The predicted molar refractivity (Wildman–Crippen MR) is 73.6 cm³/mol. The third-order valence-corrected chi connectivity index (χ3v) is 4.13. The first-order chi connectivity index (χ1) is 9.61. The van der Waals surface area contributed by atoms with Crippen LogP contribution >= 0.6 is 0 Å². The van der Waals surface area contributed by atoms with Gasteiger partial charge in [-0.2, -0.15) is 0 Å². The van der Waals surface area contributed by atoms with Gasteiger partial charge in [0, 0.05) is 12.6 Å². The highest BCUT2D eigenvalue weighted by Crippen LogP contribution is 2.29. The first kappa shape index (κ1) is 15.1. The van der Waals surface area contributed by atoms with E-state index >= 15 is 0 Å². The first-order valence-electron chi connectivity index (χ1n) is 7.52. The van der Waals surface area contributed by atoms with Crippen LogP contribution in [0.5, 0.6) is 0 Å². The van der Waals surface area contributed by atoms with E-state index in [1.165, 1.54) is 0 Å². The van der Waals surface area contributed by atoms with Crippen molar-refractivity contribution < 1.29 is 19.4 Å². The standard InChI is InChI=1S/C14H24N2O4/c1-2-4-10(9-13(17)18)15-14(19)16-7-8-20-12-6-3-5-11(12)16/h10-12H,2-9H2,1H3,(H,15,19)(H,17,18). The lowest BCUT2D eigenvalue weighted by molar-refractivity contribution is -0.137. The van der Waals surface area contributed by atoms with Crippen LogP contribution in [0.1, 0.15) is 45.4 Å². The van der Waals surface area contributed by atoms with Crippen LogP contribution in [0.25, 0.3) is 0 Å². The Labute approximate surface area is 119 Å². The number of carboxylic acids is 1. The molecule has 2 amide bonds. The van der Waals surface area contributed by atoms with E-state index in [0.717, 1.165) is 25.7 Å². The SMILES string of the molecule is CCCC(CC(=O)O)NC(=O)N1CCOC2CCCC21. The van der Waals surface area contributed by atoms with Crippen LogP contribution in [0.3, 0.4) is 0 Å². The second kappa shape index (κ2) is 6.92. The molecule has 2 N–H and O–H groups in total. The molecule has 1 saturated heterocycles. The van der Waals surface area contributed by atoms with Gasteiger partial charge in [-0.1, -0.05) is 13.3 Å². The van der Waals surface area contributed by atoms with E-state index < -0.39 is 5.97 Å². The number of carbonyl (C=O) groups excluding carboxylic acids is 1. The number of aliphatic carboxylic acids is 1. The van der Waals surface area contributed by atoms with Crippen molar-refractivity contribution in [3.63, 3.8) is 0 Å². The van der Waals surface area contributed by atoms with Crippen LogP contribution in [-0.2, 0) is 9.53 Å². The minimum Gasteiger partial charge on any atom is -0.481 e. The Morgan fingerprint density at radius 2 is 2.25 bits per heavy atom. The number of ether oxygens (including phenoxy) is 1. The third-order valence-electron chi connectivity index (χ3n) is 4.13. The topological polar surface area (TPSA) is 78.9 Å². The summed E-state index contributed by atoms with van der Waals surface area (Å²) in [6, 6.07) is -0.256. The molecule has 3 unspecified atom stereocenters. The fourth-order valence-corrected chi connectivity index (χ4v) is 3.22. The first-order valence-corrected chi connectivity index (χ1v) is 7.52. The van der Waals surface area contributed by atoms with Gasteiger partial charge in [-0.25, -0.2) is 4.79 Å². The molecule has 2 rings (SSSR count). The monoisotopic (exact) mass is 284 g/mol. The number of amides is 2. The number of nitrogens with zero attached hydrogens (tertiary/aromatic N) is 1. The molecule has 0 aromatic heterocycles. The van der Waals surface area contributed by atoms with Gasteiger partial charge in [-0.15, -0.1) is 0 Å². The summed E-state index contributed by atoms with van der Waals surface area (Å²) in [6.45, 7) is 3.16. The summed E-state index contributed by atoms with van der Waals surface area (Å²) >= 11 is 0. The molecular weight excluding hydrogens is 260 g/mol. The Balaban J connectivity index is 1.93. The summed E-state index contributed by atoms with van der Waals surface area (Å²) in [6.07, 6.45) is 4.78. The molecule has 0 radical (unpaired) electrons. The molecule has 2 aliphatic rings. The maximum atomic E-state index is 12.4. The molecule has 20 heavy (non-hydrogen) atoms. The van der Waals surface area contributed by atoms with Crippen LogP contribution < -0.4 is 5.32 Å². The summed E-state index contributed by atoms with van der Waals surface area (Å²) in [5, 5.41) is 11.8. The zero-order valence-electron chi connectivity index (χ0n) is 12.0. The summed E-state index contributed by atoms with van der Waals surface area (Å²) < 4.78 is 5.68. The number of urea groups is 1. The van der Waals surface area contributed by atoms with Crippen LogP contribution in [-0.4, -0.2) is 53.3 Å². The van der Waals surface area contributed by atoms with E-state index in [1.54, 1.807) is 0 Å². The average molecular weight is 284 g/mol. The zero-order valence-corrected chi connectivity index (χ0v) is 12.0. The van der Waals surface area contributed by atoms with Gasteiger partial charge in [-0.05, 0) is 25.7 Å². The van der Waals surface area contributed by atoms with Gasteiger partial charge in [0.15, 0.2) is 0 Å². The van der Waals surface area contributed by atoms with Crippen molar-refractivity contribution in [1.82, 2.24) is 10.2 Å². The van der Waals surface area contributed by atoms with E-state index in [1.807, 2.05) is 11.8 Å². The molecule has 1 aliphatic heterocycles. The van der Waals surface area contributed by atoms with Gasteiger partial charge in [0.25, 0.3) is 0 Å². The average Bonchev–Trinajstić information content (AvgIpc) is 2.85. The van der Waals surface area contributed by atoms with Crippen molar-refractivity contribution >= 4 is 12.0 Å². The lowest BCUT2D eigenvalue weighted by Crippen LogP contribution is -2.56. The largest absolute Gasteiger partial charge is 0.481 e. The molecule has 1 heterocycles. The lowest BCUT2D eigenvalue weighted by Gasteiger charge is -2.38. The number of hydrogen-bond donors (Lipinski definition) is 2. The number of rotatable bonds is 5. The van der Waals surface area contributed by atoms with Crippen LogP contribution in [0, 0.1) is 0 Å². The molecule has 1 aliphatic carbocycles. The molecule has 0 aromatic rings. The van der Waals surface area contributed by atoms with Crippen LogP contribution in [0.15, 0.2) is 0 Å². The number of carboxylic acid groups (broad SMARTS) is 1. The van der Waals surface area contributed by atoms with Crippen molar-refractivity contribution in [1.29, 1.82) is 0 Å². The molecular formula is C14H24N2O4. The van der Waals surface area contributed by atoms with Crippen LogP contribution in [0.4, 0.5) is 4.79 Å². The molecule has 2 fully saturated rings. The summed E-state index contributed by atoms with van der Waals surface area (Å²) in [7, 11) is 0. The van der Waals surface area contributed by atoms with Gasteiger partial charge in [0.2, 0.25) is 0 Å². The molecule has 3 atom stereocenters. The molecule has 0 bridgehead atoms. The fourth-order valence-electron chi connectivity index (χ4n) is 3.22. The van der Waals surface area contributed by atoms with Crippen molar-refractivity contribution in [2.45, 2.75) is 63.6 Å². The second-order valence-corrected chi connectivity index (χ2v) is 5.63. The van der Waals surface area contributed by atoms with Gasteiger partial charge >= 0.3 is 12.0 Å².